The van der Waals surface area contributed by atoms with E-state index in [4.69, 9.17) is 0 Å². The first kappa shape index (κ1) is 22.8. The molecule has 0 aliphatic carbocycles. The van der Waals surface area contributed by atoms with Gasteiger partial charge in [0.25, 0.3) is 0 Å². The van der Waals surface area contributed by atoms with Gasteiger partial charge in [-0.25, -0.2) is 0 Å². The molecular weight excluding hydrogens is 304 g/mol. The van der Waals surface area contributed by atoms with Gasteiger partial charge in [0.05, 0.1) is 24.4 Å². The van der Waals surface area contributed by atoms with Crippen molar-refractivity contribution in [3.05, 3.63) is 48.1 Å². The number of allylic oxidation sites excluding steroid dienone is 4. The van der Waals surface area contributed by atoms with E-state index in [9.17, 15) is 20.4 Å². The molecule has 0 saturated carbocycles. The van der Waals surface area contributed by atoms with Gasteiger partial charge in [0, 0.05) is 5.92 Å². The fourth-order valence-electron chi connectivity index (χ4n) is 1.99. The zero-order valence-electron chi connectivity index (χ0n) is 15.3. The second-order valence-corrected chi connectivity index (χ2v) is 6.28. The Labute approximate surface area is 146 Å². The van der Waals surface area contributed by atoms with E-state index in [1.165, 1.54) is 0 Å². The van der Waals surface area contributed by atoms with E-state index in [1.54, 1.807) is 6.92 Å². The maximum atomic E-state index is 10.0. The molecule has 0 aromatic heterocycles. The van der Waals surface area contributed by atoms with Crippen molar-refractivity contribution in [1.29, 1.82) is 0 Å². The van der Waals surface area contributed by atoms with Crippen molar-refractivity contribution in [3.8, 4) is 0 Å². The van der Waals surface area contributed by atoms with Crippen LogP contribution in [0, 0.1) is 5.92 Å². The zero-order chi connectivity index (χ0) is 18.5. The lowest BCUT2D eigenvalue weighted by Gasteiger charge is -2.14. The highest BCUT2D eigenvalue weighted by Crippen LogP contribution is 2.13. The third kappa shape index (κ3) is 10.6. The van der Waals surface area contributed by atoms with Crippen molar-refractivity contribution in [2.45, 2.75) is 71.4 Å². The average Bonchev–Trinajstić information content (AvgIpc) is 2.55. The molecule has 0 aromatic rings. The molecule has 0 aliphatic heterocycles. The second-order valence-electron chi connectivity index (χ2n) is 6.28. The molecule has 4 heteroatoms. The predicted molar refractivity (Wildman–Crippen MR) is 99.6 cm³/mol. The molecular formula is C20H34O4. The highest BCUT2D eigenvalue weighted by Gasteiger charge is 2.11. The fraction of sp³-hybridized carbons (Fsp3) is 0.600. The molecule has 0 spiro atoms. The lowest BCUT2D eigenvalue weighted by atomic mass is 9.99. The van der Waals surface area contributed by atoms with Gasteiger partial charge in [-0.3, -0.25) is 0 Å². The lowest BCUT2D eigenvalue weighted by molar-refractivity contribution is 0.0197. The van der Waals surface area contributed by atoms with Crippen LogP contribution in [0.25, 0.3) is 0 Å². The van der Waals surface area contributed by atoms with E-state index in [0.29, 0.717) is 19.3 Å². The van der Waals surface area contributed by atoms with Crippen LogP contribution >= 0.6 is 0 Å². The van der Waals surface area contributed by atoms with E-state index >= 15 is 0 Å². The Hall–Kier alpha value is -1.20. The first-order valence-corrected chi connectivity index (χ1v) is 8.68. The normalized spacial score (nSPS) is 19.9. The summed E-state index contributed by atoms with van der Waals surface area (Å²) in [5.74, 6) is 0.0234. The summed E-state index contributed by atoms with van der Waals surface area (Å²) in [4.78, 5) is 0. The molecule has 138 valence electrons. The number of hydrogen-bond donors (Lipinski definition) is 4. The van der Waals surface area contributed by atoms with Crippen LogP contribution < -0.4 is 0 Å². The molecule has 0 radical (unpaired) electrons. The summed E-state index contributed by atoms with van der Waals surface area (Å²) >= 11 is 0. The quantitative estimate of drug-likeness (QED) is 0.345. The molecule has 5 atom stereocenters. The van der Waals surface area contributed by atoms with E-state index in [-0.39, 0.29) is 5.92 Å². The molecule has 24 heavy (non-hydrogen) atoms. The first-order valence-electron chi connectivity index (χ1n) is 8.68. The Balaban J connectivity index is 4.15. The summed E-state index contributed by atoms with van der Waals surface area (Å²) in [6.45, 7) is 7.36. The van der Waals surface area contributed by atoms with Crippen LogP contribution in [0.3, 0.4) is 0 Å². The summed E-state index contributed by atoms with van der Waals surface area (Å²) in [5.41, 5.74) is 0.861. The smallest absolute Gasteiger partial charge is 0.0833 e. The Bertz CT molecular complexity index is 435. The van der Waals surface area contributed by atoms with E-state index in [1.807, 2.05) is 63.3 Å². The van der Waals surface area contributed by atoms with Crippen molar-refractivity contribution in [2.24, 2.45) is 5.92 Å². The van der Waals surface area contributed by atoms with Crippen LogP contribution in [0.4, 0.5) is 0 Å². The third-order valence-corrected chi connectivity index (χ3v) is 4.02. The number of rotatable bonds is 11. The van der Waals surface area contributed by atoms with Crippen LogP contribution in [0.1, 0.15) is 47.0 Å². The summed E-state index contributed by atoms with van der Waals surface area (Å²) in [6.07, 6.45) is 12.1. The highest BCUT2D eigenvalue weighted by atomic mass is 16.3. The van der Waals surface area contributed by atoms with E-state index < -0.39 is 24.4 Å². The Morgan fingerprint density at radius 1 is 0.833 bits per heavy atom. The van der Waals surface area contributed by atoms with Crippen LogP contribution in [0.15, 0.2) is 48.1 Å². The summed E-state index contributed by atoms with van der Waals surface area (Å²) in [6, 6.07) is 0. The number of aliphatic hydroxyl groups is 4. The van der Waals surface area contributed by atoms with Crippen molar-refractivity contribution in [1.82, 2.24) is 0 Å². The Morgan fingerprint density at radius 2 is 1.38 bits per heavy atom. The molecule has 0 aliphatic rings. The minimum Gasteiger partial charge on any atom is -0.393 e. The molecule has 4 N–H and O–H groups in total. The van der Waals surface area contributed by atoms with Gasteiger partial charge in [0.15, 0.2) is 0 Å². The number of aliphatic hydroxyl groups excluding tert-OH is 4. The molecule has 0 saturated heterocycles. The van der Waals surface area contributed by atoms with Crippen molar-refractivity contribution < 1.29 is 20.4 Å². The summed E-state index contributed by atoms with van der Waals surface area (Å²) in [5, 5.41) is 38.5. The average molecular weight is 338 g/mol. The predicted octanol–water partition coefficient (Wildman–Crippen LogP) is 2.89. The number of hydrogen-bond acceptors (Lipinski definition) is 4. The van der Waals surface area contributed by atoms with Crippen LogP contribution in [-0.4, -0.2) is 44.8 Å². The van der Waals surface area contributed by atoms with Crippen molar-refractivity contribution in [2.75, 3.05) is 0 Å². The fourth-order valence-corrected chi connectivity index (χ4v) is 1.99. The molecule has 0 unspecified atom stereocenters. The van der Waals surface area contributed by atoms with Gasteiger partial charge in [-0.05, 0) is 38.7 Å². The van der Waals surface area contributed by atoms with Gasteiger partial charge in [0.1, 0.15) is 0 Å². The van der Waals surface area contributed by atoms with Gasteiger partial charge in [0.2, 0.25) is 0 Å². The Kier molecular flexibility index (Phi) is 12.5. The van der Waals surface area contributed by atoms with Crippen LogP contribution in [0.5, 0.6) is 0 Å². The van der Waals surface area contributed by atoms with Gasteiger partial charge >= 0.3 is 0 Å². The summed E-state index contributed by atoms with van der Waals surface area (Å²) in [7, 11) is 0. The molecule has 0 bridgehead atoms. The van der Waals surface area contributed by atoms with Crippen LogP contribution in [0.2, 0.25) is 0 Å². The molecule has 0 rings (SSSR count). The third-order valence-electron chi connectivity index (χ3n) is 4.02. The van der Waals surface area contributed by atoms with E-state index in [0.717, 1.165) is 5.57 Å². The lowest BCUT2D eigenvalue weighted by Crippen LogP contribution is -2.23. The van der Waals surface area contributed by atoms with Crippen LogP contribution in [-0.2, 0) is 0 Å². The molecule has 0 amide bonds. The molecule has 0 heterocycles. The maximum absolute atomic E-state index is 10.0. The minimum atomic E-state index is -0.718. The van der Waals surface area contributed by atoms with Crippen molar-refractivity contribution >= 4 is 0 Å². The minimum absolute atomic E-state index is 0.0234. The Morgan fingerprint density at radius 3 is 1.88 bits per heavy atom. The molecule has 0 aromatic carbocycles. The first-order chi connectivity index (χ1) is 11.3. The van der Waals surface area contributed by atoms with Gasteiger partial charge < -0.3 is 20.4 Å². The highest BCUT2D eigenvalue weighted by molar-refractivity contribution is 5.14. The van der Waals surface area contributed by atoms with E-state index in [2.05, 4.69) is 0 Å². The topological polar surface area (TPSA) is 80.9 Å². The monoisotopic (exact) mass is 338 g/mol. The standard InChI is InChI=1S/C20H34O4/c1-5-18(22)20(24)13-11-9-7-6-8-10-12-19(23)16(3)14-15(2)17(4)21/h6-11,14-15,17-24H,5,12-13H2,1-4H3/b7-6+,10-8+,11-9+,16-14+/t15-,17-,18+,19+,20-/m1/s1. The SMILES string of the molecule is CC[C@H](O)[C@H](O)C/C=C/C=C/C=C/C[C@H](O)/C(C)=C/[C@@H](C)[C@@H](C)O. The maximum Gasteiger partial charge on any atom is 0.0833 e. The zero-order valence-corrected chi connectivity index (χ0v) is 15.3. The van der Waals surface area contributed by atoms with Gasteiger partial charge in [-0.1, -0.05) is 56.4 Å². The van der Waals surface area contributed by atoms with Gasteiger partial charge in [-0.2, -0.15) is 0 Å². The van der Waals surface area contributed by atoms with Crippen molar-refractivity contribution in [3.63, 3.8) is 0 Å². The molecule has 4 nitrogen and oxygen atoms in total. The second kappa shape index (κ2) is 13.1. The largest absolute Gasteiger partial charge is 0.393 e. The summed E-state index contributed by atoms with van der Waals surface area (Å²) < 4.78 is 0. The van der Waals surface area contributed by atoms with Gasteiger partial charge in [-0.15, -0.1) is 0 Å². The molecule has 0 fully saturated rings.